The number of aliphatic carboxylic acids is 1. The smallest absolute Gasteiger partial charge is 0.416 e. The molecule has 0 aliphatic rings. The van der Waals surface area contributed by atoms with Gasteiger partial charge < -0.3 is 15.2 Å². The van der Waals surface area contributed by atoms with E-state index in [1.807, 2.05) is 0 Å². The van der Waals surface area contributed by atoms with Gasteiger partial charge in [0.05, 0.1) is 18.2 Å². The predicted octanol–water partition coefficient (Wildman–Crippen LogP) is 4.03. The minimum atomic E-state index is -4.42. The molecule has 2 rings (SSSR count). The summed E-state index contributed by atoms with van der Waals surface area (Å²) in [6.07, 6.45) is -4.25. The number of carboxylic acid groups (broad SMARTS) is 1. The number of halogens is 4. The monoisotopic (exact) mass is 459 g/mol. The number of carbonyl (C=O) groups is 2. The van der Waals surface area contributed by atoms with Crippen molar-refractivity contribution in [3.8, 4) is 5.75 Å². The van der Waals surface area contributed by atoms with Crippen LogP contribution < -0.4 is 10.1 Å². The summed E-state index contributed by atoms with van der Waals surface area (Å²) in [5.74, 6) is -1.21. The summed E-state index contributed by atoms with van der Waals surface area (Å²) < 4.78 is 42.9. The lowest BCUT2D eigenvalue weighted by Gasteiger charge is -2.13. The number of rotatable bonds is 7. The topological polar surface area (TPSA) is 75.6 Å². The molecule has 5 nitrogen and oxygen atoms in total. The second-order valence-corrected chi connectivity index (χ2v) is 7.03. The second-order valence-electron chi connectivity index (χ2n) is 5.92. The van der Waals surface area contributed by atoms with E-state index in [0.717, 1.165) is 12.1 Å². The number of ether oxygens (including phenoxy) is 1. The molecule has 150 valence electrons. The molecule has 0 radical (unpaired) electrons. The first-order valence-corrected chi connectivity index (χ1v) is 9.01. The van der Waals surface area contributed by atoms with Crippen molar-refractivity contribution in [2.45, 2.75) is 24.0 Å². The number of alkyl halides is 4. The summed E-state index contributed by atoms with van der Waals surface area (Å²) >= 11 is 3.05. The van der Waals surface area contributed by atoms with E-state index in [9.17, 15) is 22.8 Å². The number of carboxylic acids is 1. The molecule has 1 unspecified atom stereocenters. The van der Waals surface area contributed by atoms with Crippen LogP contribution in [0, 0.1) is 0 Å². The molecule has 0 saturated carbocycles. The fourth-order valence-electron chi connectivity index (χ4n) is 2.44. The summed E-state index contributed by atoms with van der Waals surface area (Å²) in [5, 5.41) is 11.6. The molecule has 9 heteroatoms. The lowest BCUT2D eigenvalue weighted by atomic mass is 10.0. The van der Waals surface area contributed by atoms with Crippen LogP contribution in [-0.4, -0.2) is 28.9 Å². The van der Waals surface area contributed by atoms with E-state index in [1.165, 1.54) is 25.3 Å². The normalized spacial score (nSPS) is 12.3. The van der Waals surface area contributed by atoms with Gasteiger partial charge in [-0.3, -0.25) is 9.59 Å². The van der Waals surface area contributed by atoms with Gasteiger partial charge in [-0.05, 0) is 41.8 Å². The largest absolute Gasteiger partial charge is 0.496 e. The molecule has 0 fully saturated rings. The van der Waals surface area contributed by atoms with E-state index in [4.69, 9.17) is 9.84 Å². The van der Waals surface area contributed by atoms with Gasteiger partial charge in [0.1, 0.15) is 10.6 Å². The van der Waals surface area contributed by atoms with Crippen LogP contribution in [0.25, 0.3) is 0 Å². The van der Waals surface area contributed by atoms with Gasteiger partial charge in [0, 0.05) is 6.54 Å². The fourth-order valence-corrected chi connectivity index (χ4v) is 2.82. The number of hydrogen-bond donors (Lipinski definition) is 2. The maximum absolute atomic E-state index is 12.6. The Labute approximate surface area is 167 Å². The number of nitrogens with one attached hydrogen (secondary N) is 1. The SMILES string of the molecule is COc1ccc(CC(Br)C(=O)O)cc1C(=O)NCc1ccc(C(F)(F)F)cc1. The Bertz CT molecular complexity index is 853. The van der Waals surface area contributed by atoms with Gasteiger partial charge in [0.15, 0.2) is 0 Å². The molecule has 0 spiro atoms. The molecule has 2 aromatic carbocycles. The highest BCUT2D eigenvalue weighted by molar-refractivity contribution is 9.10. The lowest BCUT2D eigenvalue weighted by Crippen LogP contribution is -2.24. The Morgan fingerprint density at radius 1 is 1.14 bits per heavy atom. The van der Waals surface area contributed by atoms with Crippen molar-refractivity contribution in [2.24, 2.45) is 0 Å². The van der Waals surface area contributed by atoms with E-state index in [1.54, 1.807) is 12.1 Å². The first kappa shape index (κ1) is 21.7. The second kappa shape index (κ2) is 9.09. The van der Waals surface area contributed by atoms with Crippen LogP contribution >= 0.6 is 15.9 Å². The Balaban J connectivity index is 2.11. The number of amides is 1. The first-order valence-electron chi connectivity index (χ1n) is 8.10. The highest BCUT2D eigenvalue weighted by Gasteiger charge is 2.29. The third-order valence-corrected chi connectivity index (χ3v) is 4.64. The molecule has 0 aromatic heterocycles. The molecule has 2 N–H and O–H groups in total. The first-order chi connectivity index (χ1) is 13.1. The van der Waals surface area contributed by atoms with E-state index < -0.39 is 28.4 Å². The van der Waals surface area contributed by atoms with Crippen molar-refractivity contribution in [1.29, 1.82) is 0 Å². The Hall–Kier alpha value is -2.55. The van der Waals surface area contributed by atoms with Gasteiger partial charge in [-0.25, -0.2) is 0 Å². The summed E-state index contributed by atoms with van der Waals surface area (Å²) in [6, 6.07) is 9.22. The molecule has 2 aromatic rings. The number of benzene rings is 2. The van der Waals surface area contributed by atoms with Crippen LogP contribution in [0.1, 0.15) is 27.0 Å². The van der Waals surface area contributed by atoms with Gasteiger partial charge in [0.2, 0.25) is 0 Å². The van der Waals surface area contributed by atoms with Crippen molar-refractivity contribution in [3.63, 3.8) is 0 Å². The molecule has 0 aliphatic carbocycles. The van der Waals surface area contributed by atoms with Crippen LogP contribution in [0.2, 0.25) is 0 Å². The van der Waals surface area contributed by atoms with Crippen LogP contribution in [0.3, 0.4) is 0 Å². The molecule has 0 saturated heterocycles. The fraction of sp³-hybridized carbons (Fsp3) is 0.263. The Kier molecular flexibility index (Phi) is 7.06. The summed E-state index contributed by atoms with van der Waals surface area (Å²) in [6.45, 7) is 0.0283. The molecule has 1 amide bonds. The average molecular weight is 460 g/mol. The Morgan fingerprint density at radius 2 is 1.75 bits per heavy atom. The quantitative estimate of drug-likeness (QED) is 0.612. The van der Waals surface area contributed by atoms with Crippen LogP contribution in [-0.2, 0) is 23.9 Å². The van der Waals surface area contributed by atoms with E-state index in [-0.39, 0.29) is 18.5 Å². The van der Waals surface area contributed by atoms with Crippen LogP contribution in [0.15, 0.2) is 42.5 Å². The molecular weight excluding hydrogens is 443 g/mol. The Morgan fingerprint density at radius 3 is 2.29 bits per heavy atom. The lowest BCUT2D eigenvalue weighted by molar-refractivity contribution is -0.138. The van der Waals surface area contributed by atoms with Gasteiger partial charge in [-0.2, -0.15) is 13.2 Å². The minimum absolute atomic E-state index is 0.0283. The highest BCUT2D eigenvalue weighted by atomic mass is 79.9. The van der Waals surface area contributed by atoms with Crippen molar-refractivity contribution >= 4 is 27.8 Å². The van der Waals surface area contributed by atoms with Crippen LogP contribution in [0.5, 0.6) is 5.75 Å². The van der Waals surface area contributed by atoms with Crippen molar-refractivity contribution in [1.82, 2.24) is 5.32 Å². The van der Waals surface area contributed by atoms with Crippen molar-refractivity contribution in [3.05, 3.63) is 64.7 Å². The standard InChI is InChI=1S/C19H17BrF3NO4/c1-28-16-7-4-12(9-15(20)18(26)27)8-14(16)17(25)24-10-11-2-5-13(6-3-11)19(21,22)23/h2-8,15H,9-10H2,1H3,(H,24,25)(H,26,27). The van der Waals surface area contributed by atoms with Gasteiger partial charge in [0.25, 0.3) is 5.91 Å². The number of methoxy groups -OCH3 is 1. The van der Waals surface area contributed by atoms with E-state index in [0.29, 0.717) is 16.9 Å². The zero-order chi connectivity index (χ0) is 20.9. The van der Waals surface area contributed by atoms with Crippen molar-refractivity contribution < 1.29 is 32.6 Å². The number of carbonyl (C=O) groups excluding carboxylic acids is 1. The molecule has 0 bridgehead atoms. The summed E-state index contributed by atoms with van der Waals surface area (Å²) in [7, 11) is 1.40. The van der Waals surface area contributed by atoms with E-state index >= 15 is 0 Å². The predicted molar refractivity (Wildman–Crippen MR) is 99.7 cm³/mol. The average Bonchev–Trinajstić information content (AvgIpc) is 2.65. The van der Waals surface area contributed by atoms with E-state index in [2.05, 4.69) is 21.2 Å². The van der Waals surface area contributed by atoms with Gasteiger partial charge in [-0.15, -0.1) is 0 Å². The number of hydrogen-bond acceptors (Lipinski definition) is 3. The maximum atomic E-state index is 12.6. The van der Waals surface area contributed by atoms with Gasteiger partial charge >= 0.3 is 12.1 Å². The zero-order valence-electron chi connectivity index (χ0n) is 14.7. The van der Waals surface area contributed by atoms with Crippen molar-refractivity contribution in [2.75, 3.05) is 7.11 Å². The summed E-state index contributed by atoms with van der Waals surface area (Å²) in [4.78, 5) is 22.7. The van der Waals surface area contributed by atoms with Gasteiger partial charge in [-0.1, -0.05) is 34.1 Å². The maximum Gasteiger partial charge on any atom is 0.416 e. The zero-order valence-corrected chi connectivity index (χ0v) is 16.3. The third-order valence-electron chi connectivity index (χ3n) is 3.93. The minimum Gasteiger partial charge on any atom is -0.496 e. The summed E-state index contributed by atoms with van der Waals surface area (Å²) in [5.41, 5.74) is 0.560. The molecular formula is C19H17BrF3NO4. The highest BCUT2D eigenvalue weighted by Crippen LogP contribution is 2.29. The van der Waals surface area contributed by atoms with Crippen LogP contribution in [0.4, 0.5) is 13.2 Å². The molecule has 28 heavy (non-hydrogen) atoms. The molecule has 0 aliphatic heterocycles. The third kappa shape index (κ3) is 5.72. The molecule has 1 atom stereocenters. The molecule has 0 heterocycles.